The smallest absolute Gasteiger partial charge is 0.175 e. The van der Waals surface area contributed by atoms with Crippen molar-refractivity contribution in [1.29, 1.82) is 0 Å². The fraction of sp³-hybridized carbons (Fsp3) is 0.294. The largest absolute Gasteiger partial charge is 0.293 e. The lowest BCUT2D eigenvalue weighted by molar-refractivity contribution is 0.0969. The van der Waals surface area contributed by atoms with Gasteiger partial charge in [-0.3, -0.25) is 4.79 Å². The van der Waals surface area contributed by atoms with E-state index in [2.05, 4.69) is 13.8 Å². The number of benzene rings is 1. The average Bonchev–Trinajstić information content (AvgIpc) is 2.43. The van der Waals surface area contributed by atoms with Gasteiger partial charge in [-0.05, 0) is 40.8 Å². The standard InChI is InChI=1S/C17H16Cl2OS/c1-10(2)9-21-15-5-3-11(18)7-13(15)17(20)14-8-12(19)4-6-16(14)21/h3-8,10,13H,9H2,1-2H3. The molecule has 4 heteroatoms. The average molecular weight is 339 g/mol. The van der Waals surface area contributed by atoms with E-state index >= 15 is 0 Å². The summed E-state index contributed by atoms with van der Waals surface area (Å²) in [5.41, 5.74) is 0.760. The first-order valence-corrected chi connectivity index (χ1v) is 9.09. The number of allylic oxidation sites excluding steroid dienone is 4. The third-order valence-electron chi connectivity index (χ3n) is 3.58. The number of carbonyl (C=O) groups excluding carboxylic acids is 1. The van der Waals surface area contributed by atoms with Gasteiger partial charge in [0, 0.05) is 20.5 Å². The molecule has 2 atom stereocenters. The molecule has 0 saturated heterocycles. The Hall–Kier alpha value is -0.830. The molecule has 1 aliphatic carbocycles. The summed E-state index contributed by atoms with van der Waals surface area (Å²) >= 11 is 12.2. The normalized spacial score (nSPS) is 24.0. The van der Waals surface area contributed by atoms with Gasteiger partial charge in [-0.1, -0.05) is 49.2 Å². The molecule has 1 aromatic carbocycles. The highest BCUT2D eigenvalue weighted by atomic mass is 35.5. The molecule has 1 aliphatic heterocycles. The van der Waals surface area contributed by atoms with E-state index in [-0.39, 0.29) is 22.2 Å². The first-order chi connectivity index (χ1) is 9.97. The van der Waals surface area contributed by atoms with Crippen LogP contribution in [-0.2, 0) is 0 Å². The SMILES string of the molecule is CC(C)CS1=C2C=CC(Cl)=CC2C(=O)c2cc(Cl)ccc21. The maximum Gasteiger partial charge on any atom is 0.175 e. The predicted octanol–water partition coefficient (Wildman–Crippen LogP) is 5.30. The third kappa shape index (κ3) is 2.77. The van der Waals surface area contributed by atoms with Gasteiger partial charge in [0.15, 0.2) is 5.78 Å². The van der Waals surface area contributed by atoms with Gasteiger partial charge in [-0.2, -0.15) is 0 Å². The molecule has 0 N–H and O–H groups in total. The predicted molar refractivity (Wildman–Crippen MR) is 92.9 cm³/mol. The number of halogens is 2. The van der Waals surface area contributed by atoms with Crippen LogP contribution in [0.1, 0.15) is 24.2 Å². The zero-order chi connectivity index (χ0) is 15.1. The zero-order valence-corrected chi connectivity index (χ0v) is 14.2. The fourth-order valence-corrected chi connectivity index (χ4v) is 5.75. The van der Waals surface area contributed by atoms with Gasteiger partial charge in [-0.15, -0.1) is 10.5 Å². The number of Topliss-reactive ketones (excluding diaryl/α,β-unsaturated/α-hetero) is 1. The Kier molecular flexibility index (Phi) is 4.13. The monoisotopic (exact) mass is 338 g/mol. The first kappa shape index (κ1) is 15.1. The summed E-state index contributed by atoms with van der Waals surface area (Å²) in [5.74, 6) is 1.49. The van der Waals surface area contributed by atoms with Gasteiger partial charge < -0.3 is 0 Å². The van der Waals surface area contributed by atoms with Crippen molar-refractivity contribution in [2.75, 3.05) is 5.75 Å². The highest BCUT2D eigenvalue weighted by molar-refractivity contribution is 8.16. The third-order valence-corrected chi connectivity index (χ3v) is 6.91. The molecule has 2 unspecified atom stereocenters. The second-order valence-electron chi connectivity index (χ2n) is 5.72. The lowest BCUT2D eigenvalue weighted by atomic mass is 9.91. The van der Waals surface area contributed by atoms with E-state index in [1.807, 2.05) is 30.4 Å². The summed E-state index contributed by atoms with van der Waals surface area (Å²) in [5, 5.41) is 1.25. The van der Waals surface area contributed by atoms with Crippen molar-refractivity contribution >= 4 is 44.3 Å². The number of hydrogen-bond acceptors (Lipinski definition) is 1. The molecule has 1 heterocycles. The van der Waals surface area contributed by atoms with Crippen molar-refractivity contribution in [3.8, 4) is 0 Å². The van der Waals surface area contributed by atoms with Gasteiger partial charge >= 0.3 is 0 Å². The lowest BCUT2D eigenvalue weighted by Crippen LogP contribution is -2.28. The Morgan fingerprint density at radius 1 is 1.24 bits per heavy atom. The van der Waals surface area contributed by atoms with Gasteiger partial charge in [0.1, 0.15) is 0 Å². The lowest BCUT2D eigenvalue weighted by Gasteiger charge is -2.30. The molecule has 0 radical (unpaired) electrons. The van der Waals surface area contributed by atoms with Gasteiger partial charge in [-0.25, -0.2) is 0 Å². The van der Waals surface area contributed by atoms with E-state index in [4.69, 9.17) is 23.2 Å². The molecule has 1 aromatic rings. The van der Waals surface area contributed by atoms with Gasteiger partial charge in [0.2, 0.25) is 0 Å². The van der Waals surface area contributed by atoms with Gasteiger partial charge in [0.05, 0.1) is 5.92 Å². The first-order valence-electron chi connectivity index (χ1n) is 6.94. The van der Waals surface area contributed by atoms with E-state index in [9.17, 15) is 4.79 Å². The Bertz CT molecular complexity index is 714. The minimum absolute atomic E-state index is 0.0630. The van der Waals surface area contributed by atoms with Crippen LogP contribution < -0.4 is 0 Å². The highest BCUT2D eigenvalue weighted by Gasteiger charge is 2.33. The second kappa shape index (κ2) is 5.75. The van der Waals surface area contributed by atoms with Crippen LogP contribution in [0.15, 0.2) is 46.4 Å². The number of hydrogen-bond donors (Lipinski definition) is 0. The molecule has 2 aliphatic rings. The molecule has 21 heavy (non-hydrogen) atoms. The van der Waals surface area contributed by atoms with Crippen LogP contribution in [0, 0.1) is 11.8 Å². The maximum atomic E-state index is 12.8. The van der Waals surface area contributed by atoms with Crippen LogP contribution in [0.5, 0.6) is 0 Å². The fourth-order valence-electron chi connectivity index (χ4n) is 2.73. The van der Waals surface area contributed by atoms with Crippen LogP contribution in [0.2, 0.25) is 5.02 Å². The molecule has 0 spiro atoms. The quantitative estimate of drug-likeness (QED) is 0.668. The van der Waals surface area contributed by atoms with Crippen LogP contribution in [0.3, 0.4) is 0 Å². The van der Waals surface area contributed by atoms with E-state index in [1.165, 1.54) is 4.86 Å². The molecule has 0 bridgehead atoms. The Balaban J connectivity index is 2.24. The van der Waals surface area contributed by atoms with E-state index in [1.54, 1.807) is 6.07 Å². The molecule has 0 amide bonds. The highest BCUT2D eigenvalue weighted by Crippen LogP contribution is 2.43. The molecule has 0 saturated carbocycles. The van der Waals surface area contributed by atoms with Crippen molar-refractivity contribution in [2.45, 2.75) is 18.7 Å². The maximum absolute atomic E-state index is 12.8. The van der Waals surface area contributed by atoms with E-state index in [0.29, 0.717) is 16.0 Å². The number of carbonyl (C=O) groups is 1. The summed E-state index contributed by atoms with van der Waals surface area (Å²) in [6, 6.07) is 5.69. The van der Waals surface area contributed by atoms with Gasteiger partial charge in [0.25, 0.3) is 0 Å². The van der Waals surface area contributed by atoms with E-state index < -0.39 is 0 Å². The van der Waals surface area contributed by atoms with Crippen LogP contribution in [0.25, 0.3) is 0 Å². The van der Waals surface area contributed by atoms with Crippen molar-refractivity contribution in [3.05, 3.63) is 52.0 Å². The van der Waals surface area contributed by atoms with Crippen molar-refractivity contribution in [1.82, 2.24) is 0 Å². The van der Waals surface area contributed by atoms with Crippen molar-refractivity contribution in [3.63, 3.8) is 0 Å². The summed E-state index contributed by atoms with van der Waals surface area (Å²) in [6.45, 7) is 4.42. The minimum Gasteiger partial charge on any atom is -0.293 e. The second-order valence-corrected chi connectivity index (χ2v) is 8.62. The van der Waals surface area contributed by atoms with Crippen LogP contribution in [-0.4, -0.2) is 16.4 Å². The summed E-state index contributed by atoms with van der Waals surface area (Å²) in [6.07, 6.45) is 5.79. The molecule has 3 rings (SSSR count). The number of rotatable bonds is 2. The topological polar surface area (TPSA) is 17.1 Å². The Morgan fingerprint density at radius 2 is 2.00 bits per heavy atom. The summed E-state index contributed by atoms with van der Waals surface area (Å²) in [7, 11) is -0.0630. The summed E-state index contributed by atoms with van der Waals surface area (Å²) in [4.78, 5) is 15.1. The number of ketones is 1. The van der Waals surface area contributed by atoms with Crippen LogP contribution >= 0.6 is 33.7 Å². The zero-order valence-electron chi connectivity index (χ0n) is 11.9. The summed E-state index contributed by atoms with van der Waals surface area (Å²) < 4.78 is 0. The molecular weight excluding hydrogens is 323 g/mol. The molecule has 0 fully saturated rings. The Labute approximate surface area is 137 Å². The number of fused-ring (bicyclic) bond motifs is 2. The molecule has 0 aromatic heterocycles. The van der Waals surface area contributed by atoms with Crippen molar-refractivity contribution in [2.24, 2.45) is 11.8 Å². The minimum atomic E-state index is -0.226. The van der Waals surface area contributed by atoms with Crippen LogP contribution in [0.4, 0.5) is 0 Å². The molecule has 1 nitrogen and oxygen atoms in total. The van der Waals surface area contributed by atoms with Crippen molar-refractivity contribution < 1.29 is 4.79 Å². The molecular formula is C17H16Cl2OS. The Morgan fingerprint density at radius 3 is 2.71 bits per heavy atom. The molecule has 110 valence electrons. The van der Waals surface area contributed by atoms with E-state index in [0.717, 1.165) is 16.2 Å².